The van der Waals surface area contributed by atoms with Gasteiger partial charge in [0.2, 0.25) is 0 Å². The zero-order chi connectivity index (χ0) is 10.6. The highest BCUT2D eigenvalue weighted by Gasteiger charge is 2.36. The number of carbonyl (C=O) groups is 1. The van der Waals surface area contributed by atoms with Crippen molar-refractivity contribution in [1.82, 2.24) is 9.80 Å². The molecule has 2 rings (SSSR count). The smallest absolute Gasteiger partial charge is 0.410 e. The number of fused-ring (bicyclic) bond motifs is 1. The van der Waals surface area contributed by atoms with Gasteiger partial charge in [-0.05, 0) is 6.54 Å². The average molecular weight is 200 g/mol. The van der Waals surface area contributed by atoms with Crippen LogP contribution in [0.4, 0.5) is 4.79 Å². The van der Waals surface area contributed by atoms with Crippen LogP contribution in [0.25, 0.3) is 0 Å². The van der Waals surface area contributed by atoms with Crippen LogP contribution >= 0.6 is 0 Å². The van der Waals surface area contributed by atoms with E-state index in [1.165, 1.54) is 0 Å². The first-order chi connectivity index (χ1) is 6.81. The Hall–Kier alpha value is -0.770. The lowest BCUT2D eigenvalue weighted by atomic mass is 10.2. The zero-order valence-electron chi connectivity index (χ0n) is 9.32. The van der Waals surface area contributed by atoms with Crippen LogP contribution in [0.15, 0.2) is 0 Å². The lowest BCUT2D eigenvalue weighted by Crippen LogP contribution is -2.51. The minimum atomic E-state index is -0.129. The number of hydrogen-bond acceptors (Lipinski definition) is 3. The molecule has 4 heteroatoms. The number of ether oxygens (including phenoxy) is 1. The van der Waals surface area contributed by atoms with E-state index in [1.54, 1.807) is 0 Å². The summed E-state index contributed by atoms with van der Waals surface area (Å²) in [6.45, 7) is 10.6. The van der Waals surface area contributed by atoms with Gasteiger partial charge in [-0.2, -0.15) is 0 Å². The summed E-state index contributed by atoms with van der Waals surface area (Å²) in [4.78, 5) is 15.3. The summed E-state index contributed by atoms with van der Waals surface area (Å²) in [7, 11) is 0. The molecule has 0 aromatic carbocycles. The molecular formula is C10H20N2O2. The molecule has 0 aromatic rings. The Kier molecular flexibility index (Phi) is 4.20. The number of nitrogens with zero attached hydrogens (tertiary/aromatic N) is 2. The number of carbonyl (C=O) groups excluding carboxylic acids is 1. The van der Waals surface area contributed by atoms with Crippen molar-refractivity contribution >= 4 is 6.09 Å². The van der Waals surface area contributed by atoms with Crippen LogP contribution in [-0.4, -0.2) is 54.7 Å². The summed E-state index contributed by atoms with van der Waals surface area (Å²) >= 11 is 0. The van der Waals surface area contributed by atoms with Gasteiger partial charge in [0.05, 0.1) is 6.04 Å². The summed E-state index contributed by atoms with van der Waals surface area (Å²) in [5.41, 5.74) is 0. The molecule has 0 spiro atoms. The van der Waals surface area contributed by atoms with E-state index in [9.17, 15) is 4.79 Å². The van der Waals surface area contributed by atoms with Crippen LogP contribution in [0.2, 0.25) is 0 Å². The average Bonchev–Trinajstić information content (AvgIpc) is 2.63. The second-order valence-electron chi connectivity index (χ2n) is 3.32. The fraction of sp³-hybridized carbons (Fsp3) is 0.900. The molecule has 2 aliphatic heterocycles. The number of amides is 1. The SMILES string of the molecule is CC.CCN1CCN2C(=O)OCC2C1. The van der Waals surface area contributed by atoms with Gasteiger partial charge >= 0.3 is 6.09 Å². The van der Waals surface area contributed by atoms with Crippen molar-refractivity contribution in [1.29, 1.82) is 0 Å². The first-order valence-corrected chi connectivity index (χ1v) is 5.47. The number of cyclic esters (lactones) is 1. The first-order valence-electron chi connectivity index (χ1n) is 5.47. The van der Waals surface area contributed by atoms with E-state index in [4.69, 9.17) is 4.74 Å². The monoisotopic (exact) mass is 200 g/mol. The quantitative estimate of drug-likeness (QED) is 0.637. The van der Waals surface area contributed by atoms with Gasteiger partial charge in [-0.15, -0.1) is 0 Å². The largest absolute Gasteiger partial charge is 0.447 e. The summed E-state index contributed by atoms with van der Waals surface area (Å²) in [6.07, 6.45) is -0.129. The Balaban J connectivity index is 0.000000461. The maximum atomic E-state index is 11.1. The molecule has 0 bridgehead atoms. The van der Waals surface area contributed by atoms with E-state index in [0.717, 1.165) is 26.2 Å². The normalized spacial score (nSPS) is 26.4. The van der Waals surface area contributed by atoms with E-state index in [-0.39, 0.29) is 6.09 Å². The maximum Gasteiger partial charge on any atom is 0.410 e. The second kappa shape index (κ2) is 5.20. The molecule has 14 heavy (non-hydrogen) atoms. The molecule has 0 aromatic heterocycles. The minimum absolute atomic E-state index is 0.129. The molecule has 0 N–H and O–H groups in total. The molecule has 1 atom stereocenters. The van der Waals surface area contributed by atoms with E-state index >= 15 is 0 Å². The fourth-order valence-corrected chi connectivity index (χ4v) is 1.84. The minimum Gasteiger partial charge on any atom is -0.447 e. The fourth-order valence-electron chi connectivity index (χ4n) is 1.84. The molecule has 4 nitrogen and oxygen atoms in total. The summed E-state index contributed by atoms with van der Waals surface area (Å²) < 4.78 is 4.95. The van der Waals surface area contributed by atoms with E-state index in [2.05, 4.69) is 11.8 Å². The number of hydrogen-bond donors (Lipinski definition) is 0. The van der Waals surface area contributed by atoms with Gasteiger partial charge in [-0.25, -0.2) is 4.79 Å². The molecule has 1 unspecified atom stereocenters. The molecule has 2 fully saturated rings. The molecule has 2 heterocycles. The topological polar surface area (TPSA) is 32.8 Å². The molecule has 2 saturated heterocycles. The van der Waals surface area contributed by atoms with Gasteiger partial charge in [-0.3, -0.25) is 9.80 Å². The molecule has 82 valence electrons. The van der Waals surface area contributed by atoms with Crippen LogP contribution in [0.3, 0.4) is 0 Å². The summed E-state index contributed by atoms with van der Waals surface area (Å²) in [5, 5.41) is 0. The van der Waals surface area contributed by atoms with Gasteiger partial charge in [0, 0.05) is 19.6 Å². The maximum absolute atomic E-state index is 11.1. The molecule has 0 radical (unpaired) electrons. The van der Waals surface area contributed by atoms with E-state index in [0.29, 0.717) is 12.6 Å². The molecule has 0 saturated carbocycles. The highest BCUT2D eigenvalue weighted by molar-refractivity contribution is 5.70. The van der Waals surface area contributed by atoms with Crippen molar-refractivity contribution in [2.24, 2.45) is 0 Å². The van der Waals surface area contributed by atoms with Crippen molar-refractivity contribution in [3.05, 3.63) is 0 Å². The van der Waals surface area contributed by atoms with Gasteiger partial charge in [0.25, 0.3) is 0 Å². The van der Waals surface area contributed by atoms with Crippen molar-refractivity contribution in [2.75, 3.05) is 32.8 Å². The third-order valence-corrected chi connectivity index (χ3v) is 2.65. The summed E-state index contributed by atoms with van der Waals surface area (Å²) in [6, 6.07) is 0.311. The Labute approximate surface area is 85.8 Å². The molecule has 1 amide bonds. The highest BCUT2D eigenvalue weighted by atomic mass is 16.6. The predicted molar refractivity (Wildman–Crippen MR) is 55.3 cm³/mol. The number of piperazine rings is 1. The van der Waals surface area contributed by atoms with Crippen LogP contribution in [-0.2, 0) is 4.74 Å². The molecule has 0 aliphatic carbocycles. The van der Waals surface area contributed by atoms with Crippen LogP contribution in [0.1, 0.15) is 20.8 Å². The lowest BCUT2D eigenvalue weighted by molar-refractivity contribution is 0.123. The Morgan fingerprint density at radius 3 is 2.79 bits per heavy atom. The van der Waals surface area contributed by atoms with Gasteiger partial charge in [0.1, 0.15) is 6.61 Å². The third kappa shape index (κ3) is 2.18. The van der Waals surface area contributed by atoms with Crippen molar-refractivity contribution < 1.29 is 9.53 Å². The highest BCUT2D eigenvalue weighted by Crippen LogP contribution is 2.16. The van der Waals surface area contributed by atoms with Crippen molar-refractivity contribution in [3.8, 4) is 0 Å². The first kappa shape index (κ1) is 11.3. The summed E-state index contributed by atoms with van der Waals surface area (Å²) in [5.74, 6) is 0. The van der Waals surface area contributed by atoms with Crippen LogP contribution < -0.4 is 0 Å². The van der Waals surface area contributed by atoms with Gasteiger partial charge in [0.15, 0.2) is 0 Å². The van der Waals surface area contributed by atoms with Crippen LogP contribution in [0, 0.1) is 0 Å². The van der Waals surface area contributed by atoms with E-state index in [1.807, 2.05) is 18.7 Å². The van der Waals surface area contributed by atoms with Crippen molar-refractivity contribution in [2.45, 2.75) is 26.8 Å². The lowest BCUT2D eigenvalue weighted by Gasteiger charge is -2.34. The zero-order valence-corrected chi connectivity index (χ0v) is 9.32. The second-order valence-corrected chi connectivity index (χ2v) is 3.32. The Morgan fingerprint density at radius 2 is 2.14 bits per heavy atom. The Morgan fingerprint density at radius 1 is 1.43 bits per heavy atom. The predicted octanol–water partition coefficient (Wildman–Crippen LogP) is 1.17. The Bertz CT molecular complexity index is 197. The van der Waals surface area contributed by atoms with Gasteiger partial charge in [-0.1, -0.05) is 20.8 Å². The third-order valence-electron chi connectivity index (χ3n) is 2.65. The molecule has 2 aliphatic rings. The number of likely N-dealkylation sites (N-methyl/N-ethyl adjacent to an activating group) is 1. The standard InChI is InChI=1S/C8H14N2O2.C2H6/c1-2-9-3-4-10-7(5-9)6-12-8(10)11;1-2/h7H,2-6H2,1H3;1-2H3. The van der Waals surface area contributed by atoms with Gasteiger partial charge < -0.3 is 4.74 Å². The molecular weight excluding hydrogens is 180 g/mol. The number of rotatable bonds is 1. The van der Waals surface area contributed by atoms with Crippen LogP contribution in [0.5, 0.6) is 0 Å². The van der Waals surface area contributed by atoms with E-state index < -0.39 is 0 Å². The van der Waals surface area contributed by atoms with Crippen molar-refractivity contribution in [3.63, 3.8) is 0 Å².